The molecule has 0 radical (unpaired) electrons. The molecule has 1 saturated heterocycles. The van der Waals surface area contributed by atoms with Crippen molar-refractivity contribution in [3.8, 4) is 0 Å². The fourth-order valence-corrected chi connectivity index (χ4v) is 6.92. The van der Waals surface area contributed by atoms with Crippen LogP contribution in [0.2, 0.25) is 0 Å². The first-order valence-corrected chi connectivity index (χ1v) is 11.7. The lowest BCUT2D eigenvalue weighted by Crippen LogP contribution is -2.47. The Morgan fingerprint density at radius 2 is 2.00 bits per heavy atom. The van der Waals surface area contributed by atoms with Gasteiger partial charge in [-0.2, -0.15) is 0 Å². The largest absolute Gasteiger partial charge is 0.465 e. The minimum Gasteiger partial charge on any atom is -0.465 e. The zero-order valence-corrected chi connectivity index (χ0v) is 18.9. The van der Waals surface area contributed by atoms with Crippen molar-refractivity contribution in [2.24, 2.45) is 34.5 Å². The van der Waals surface area contributed by atoms with Crippen LogP contribution in [0.1, 0.15) is 86.0 Å². The first-order chi connectivity index (χ1) is 13.6. The normalized spacial score (nSPS) is 38.2. The van der Waals surface area contributed by atoms with Crippen LogP contribution in [0.5, 0.6) is 0 Å². The molecule has 4 rings (SSSR count). The van der Waals surface area contributed by atoms with Crippen molar-refractivity contribution in [1.82, 2.24) is 0 Å². The van der Waals surface area contributed by atoms with Crippen molar-refractivity contribution in [3.05, 3.63) is 11.1 Å². The number of rotatable bonds is 5. The molecule has 1 heterocycles. The molecule has 0 amide bonds. The average Bonchev–Trinajstić information content (AvgIpc) is 2.91. The fourth-order valence-electron chi connectivity index (χ4n) is 6.92. The summed E-state index contributed by atoms with van der Waals surface area (Å²) in [7, 11) is 0. The topological polar surface area (TPSA) is 52.6 Å². The van der Waals surface area contributed by atoms with Gasteiger partial charge in [0.2, 0.25) is 0 Å². The number of carbonyl (C=O) groups excluding carboxylic acids is 2. The van der Waals surface area contributed by atoms with Crippen molar-refractivity contribution in [2.75, 3.05) is 6.61 Å². The van der Waals surface area contributed by atoms with E-state index in [1.54, 1.807) is 5.57 Å². The van der Waals surface area contributed by atoms with E-state index in [1.165, 1.54) is 31.3 Å². The second-order valence-corrected chi connectivity index (χ2v) is 11.6. The Morgan fingerprint density at radius 1 is 1.24 bits per heavy atom. The molecular formula is C25H38O4. The van der Waals surface area contributed by atoms with Gasteiger partial charge in [0.1, 0.15) is 6.10 Å². The molecule has 5 unspecified atom stereocenters. The van der Waals surface area contributed by atoms with Gasteiger partial charge in [-0.1, -0.05) is 52.2 Å². The van der Waals surface area contributed by atoms with Crippen LogP contribution in [0, 0.1) is 34.5 Å². The molecule has 4 aliphatic rings. The first-order valence-electron chi connectivity index (χ1n) is 11.7. The van der Waals surface area contributed by atoms with Gasteiger partial charge < -0.3 is 9.47 Å². The van der Waals surface area contributed by atoms with Crippen LogP contribution in [0.4, 0.5) is 0 Å². The summed E-state index contributed by atoms with van der Waals surface area (Å²) in [6.07, 6.45) is 8.54. The lowest BCUT2D eigenvalue weighted by Gasteiger charge is -2.48. The Kier molecular flexibility index (Phi) is 5.36. The highest BCUT2D eigenvalue weighted by molar-refractivity contribution is 5.80. The smallest absolute Gasteiger partial charge is 0.313 e. The fraction of sp³-hybridized carbons (Fsp3) is 0.840. The Labute approximate surface area is 175 Å². The lowest BCUT2D eigenvalue weighted by molar-refractivity contribution is -0.187. The average molecular weight is 403 g/mol. The number of hydrogen-bond donors (Lipinski definition) is 0. The van der Waals surface area contributed by atoms with E-state index in [2.05, 4.69) is 20.8 Å². The van der Waals surface area contributed by atoms with Crippen molar-refractivity contribution in [2.45, 2.75) is 92.1 Å². The van der Waals surface area contributed by atoms with Crippen molar-refractivity contribution >= 4 is 11.9 Å². The SMILES string of the molecule is CC(C)CC(=O)OCC1CCC(C2(C)CCCC(C)(C)C2)=C2CC3C(=O)OC3C21. The summed E-state index contributed by atoms with van der Waals surface area (Å²) < 4.78 is 11.3. The van der Waals surface area contributed by atoms with Crippen molar-refractivity contribution in [3.63, 3.8) is 0 Å². The van der Waals surface area contributed by atoms with Crippen LogP contribution >= 0.6 is 0 Å². The van der Waals surface area contributed by atoms with Gasteiger partial charge in [0, 0.05) is 18.3 Å². The third-order valence-corrected chi connectivity index (χ3v) is 8.02. The minimum absolute atomic E-state index is 0.0156. The number of esters is 2. The molecule has 29 heavy (non-hydrogen) atoms. The number of ether oxygens (including phenoxy) is 2. The molecule has 4 heteroatoms. The highest BCUT2D eigenvalue weighted by atomic mass is 16.6. The molecule has 3 aliphatic carbocycles. The van der Waals surface area contributed by atoms with Gasteiger partial charge in [-0.05, 0) is 55.3 Å². The van der Waals surface area contributed by atoms with Gasteiger partial charge in [-0.3, -0.25) is 9.59 Å². The summed E-state index contributed by atoms with van der Waals surface area (Å²) >= 11 is 0. The Morgan fingerprint density at radius 3 is 2.66 bits per heavy atom. The number of allylic oxidation sites excluding steroid dienone is 1. The van der Waals surface area contributed by atoms with E-state index in [0.29, 0.717) is 24.4 Å². The summed E-state index contributed by atoms with van der Waals surface area (Å²) in [6.45, 7) is 11.8. The van der Waals surface area contributed by atoms with E-state index < -0.39 is 0 Å². The van der Waals surface area contributed by atoms with Gasteiger partial charge in [0.15, 0.2) is 0 Å². The van der Waals surface area contributed by atoms with E-state index in [1.807, 2.05) is 13.8 Å². The van der Waals surface area contributed by atoms with E-state index >= 15 is 0 Å². The molecular weight excluding hydrogens is 364 g/mol. The molecule has 0 aromatic rings. The summed E-state index contributed by atoms with van der Waals surface area (Å²) in [6, 6.07) is 0. The number of carbonyl (C=O) groups is 2. The van der Waals surface area contributed by atoms with Crippen molar-refractivity contribution < 1.29 is 19.1 Å². The molecule has 3 fully saturated rings. The van der Waals surface area contributed by atoms with E-state index in [9.17, 15) is 9.59 Å². The number of hydrogen-bond acceptors (Lipinski definition) is 4. The Bertz CT molecular complexity index is 718. The maximum Gasteiger partial charge on any atom is 0.313 e. The van der Waals surface area contributed by atoms with Crippen molar-refractivity contribution in [1.29, 1.82) is 0 Å². The molecule has 4 nitrogen and oxygen atoms in total. The zero-order chi connectivity index (χ0) is 21.0. The second-order valence-electron chi connectivity index (χ2n) is 11.6. The van der Waals surface area contributed by atoms with Crippen LogP contribution in [0.25, 0.3) is 0 Å². The molecule has 5 atom stereocenters. The van der Waals surface area contributed by atoms with E-state index in [0.717, 1.165) is 19.3 Å². The zero-order valence-electron chi connectivity index (χ0n) is 18.9. The Balaban J connectivity index is 1.57. The van der Waals surface area contributed by atoms with Gasteiger partial charge in [-0.25, -0.2) is 0 Å². The predicted molar refractivity (Wildman–Crippen MR) is 112 cm³/mol. The summed E-state index contributed by atoms with van der Waals surface area (Å²) in [4.78, 5) is 24.2. The molecule has 0 spiro atoms. The van der Waals surface area contributed by atoms with Crippen LogP contribution in [0.15, 0.2) is 11.1 Å². The maximum absolute atomic E-state index is 12.1. The maximum atomic E-state index is 12.1. The van der Waals surface area contributed by atoms with Gasteiger partial charge in [0.05, 0.1) is 12.5 Å². The molecule has 1 aliphatic heterocycles. The van der Waals surface area contributed by atoms with Crippen LogP contribution in [0.3, 0.4) is 0 Å². The second kappa shape index (κ2) is 7.42. The lowest BCUT2D eigenvalue weighted by atomic mass is 9.58. The van der Waals surface area contributed by atoms with E-state index in [4.69, 9.17) is 9.47 Å². The summed E-state index contributed by atoms with van der Waals surface area (Å²) in [5.41, 5.74) is 3.72. The standard InChI is InChI=1S/C25H38O4/c1-15(2)11-20(26)28-13-16-7-8-19(25(5)10-6-9-24(3,4)14-25)17-12-18-22(21(16)17)29-23(18)27/h15-16,18,21-22H,6-14H2,1-5H3. The number of fused-ring (bicyclic) bond motifs is 3. The van der Waals surface area contributed by atoms with Gasteiger partial charge >= 0.3 is 11.9 Å². The Hall–Kier alpha value is -1.32. The highest BCUT2D eigenvalue weighted by Crippen LogP contribution is 2.59. The van der Waals surface area contributed by atoms with Crippen LogP contribution in [-0.2, 0) is 19.1 Å². The first kappa shape index (κ1) is 20.9. The predicted octanol–water partition coefficient (Wildman–Crippen LogP) is 5.45. The molecule has 162 valence electrons. The molecule has 0 aromatic heterocycles. The summed E-state index contributed by atoms with van der Waals surface area (Å²) in [5, 5.41) is 0. The molecule has 2 saturated carbocycles. The molecule has 0 N–H and O–H groups in total. The quantitative estimate of drug-likeness (QED) is 0.453. The summed E-state index contributed by atoms with van der Waals surface area (Å²) in [5.74, 6) is 0.771. The van der Waals surface area contributed by atoms with Crippen LogP contribution in [-0.4, -0.2) is 24.6 Å². The van der Waals surface area contributed by atoms with E-state index in [-0.39, 0.29) is 41.2 Å². The molecule has 0 bridgehead atoms. The van der Waals surface area contributed by atoms with Gasteiger partial charge in [-0.15, -0.1) is 0 Å². The minimum atomic E-state index is -0.0996. The monoisotopic (exact) mass is 402 g/mol. The van der Waals surface area contributed by atoms with Crippen LogP contribution < -0.4 is 0 Å². The molecule has 0 aromatic carbocycles. The van der Waals surface area contributed by atoms with Gasteiger partial charge in [0.25, 0.3) is 0 Å². The third-order valence-electron chi connectivity index (χ3n) is 8.02. The third kappa shape index (κ3) is 3.88. The highest BCUT2D eigenvalue weighted by Gasteiger charge is 2.59.